The predicted octanol–water partition coefficient (Wildman–Crippen LogP) is 4.73. The monoisotopic (exact) mass is 536 g/mol. The first kappa shape index (κ1) is 23.7. The Hall–Kier alpha value is -3.50. The molecule has 4 aromatic rings. The highest BCUT2D eigenvalue weighted by Crippen LogP contribution is 2.28. The third-order valence-electron chi connectivity index (χ3n) is 4.59. The zero-order chi connectivity index (χ0) is 23.8. The summed E-state index contributed by atoms with van der Waals surface area (Å²) in [6.45, 7) is 2.53. The van der Waals surface area contributed by atoms with Crippen molar-refractivity contribution in [3.8, 4) is 22.8 Å². The van der Waals surface area contributed by atoms with Crippen molar-refractivity contribution in [2.24, 2.45) is 5.10 Å². The van der Waals surface area contributed by atoms with E-state index in [9.17, 15) is 4.79 Å². The minimum Gasteiger partial charge on any atom is -0.494 e. The molecule has 2 aromatic carbocycles. The van der Waals surface area contributed by atoms with E-state index in [1.165, 1.54) is 11.8 Å². The van der Waals surface area contributed by atoms with Gasteiger partial charge in [0.15, 0.2) is 11.0 Å². The van der Waals surface area contributed by atoms with E-state index in [1.807, 2.05) is 72.2 Å². The first-order valence-corrected chi connectivity index (χ1v) is 12.2. The van der Waals surface area contributed by atoms with E-state index < -0.39 is 0 Å². The van der Waals surface area contributed by atoms with Crippen molar-refractivity contribution < 1.29 is 9.53 Å². The maximum Gasteiger partial charge on any atom is 0.250 e. The molecule has 0 atom stereocenters. The number of hydrogen-bond donors (Lipinski definition) is 1. The first-order valence-electron chi connectivity index (χ1n) is 10.4. The number of hydrazone groups is 1. The van der Waals surface area contributed by atoms with Gasteiger partial charge in [-0.1, -0.05) is 45.9 Å². The standard InChI is InChI=1S/C24H21BrN6O2S/c1-2-33-20-11-9-19(10-12-20)31-23(18-7-5-13-26-14-18)29-30-24(31)34-16-22(32)28-27-15-17-6-3-4-8-21(17)25/h3-15H,2,16H2,1H3,(H,28,32)/b27-15+. The molecule has 0 radical (unpaired) electrons. The molecule has 34 heavy (non-hydrogen) atoms. The topological polar surface area (TPSA) is 94.3 Å². The number of hydrogen-bond acceptors (Lipinski definition) is 7. The lowest BCUT2D eigenvalue weighted by Crippen LogP contribution is -2.20. The Labute approximate surface area is 209 Å². The van der Waals surface area contributed by atoms with E-state index in [0.29, 0.717) is 17.6 Å². The summed E-state index contributed by atoms with van der Waals surface area (Å²) < 4.78 is 8.35. The van der Waals surface area contributed by atoms with Gasteiger partial charge >= 0.3 is 0 Å². The molecule has 2 heterocycles. The van der Waals surface area contributed by atoms with Crippen molar-refractivity contribution in [1.29, 1.82) is 0 Å². The lowest BCUT2D eigenvalue weighted by atomic mass is 10.2. The highest BCUT2D eigenvalue weighted by molar-refractivity contribution is 9.10. The molecule has 0 unspecified atom stereocenters. The van der Waals surface area contributed by atoms with Crippen LogP contribution < -0.4 is 10.2 Å². The molecule has 10 heteroatoms. The van der Waals surface area contributed by atoms with Crippen molar-refractivity contribution in [1.82, 2.24) is 25.2 Å². The minimum atomic E-state index is -0.252. The van der Waals surface area contributed by atoms with Crippen molar-refractivity contribution in [3.63, 3.8) is 0 Å². The highest BCUT2D eigenvalue weighted by Gasteiger charge is 2.17. The molecule has 1 N–H and O–H groups in total. The summed E-state index contributed by atoms with van der Waals surface area (Å²) in [6, 6.07) is 19.0. The second kappa shape index (κ2) is 11.6. The number of nitrogens with one attached hydrogen (secondary N) is 1. The van der Waals surface area contributed by atoms with E-state index in [4.69, 9.17) is 4.74 Å². The van der Waals surface area contributed by atoms with Gasteiger partial charge in [-0.3, -0.25) is 14.3 Å². The van der Waals surface area contributed by atoms with Gasteiger partial charge in [0.2, 0.25) is 0 Å². The molecule has 0 bridgehead atoms. The normalized spacial score (nSPS) is 11.0. The molecular formula is C24H21BrN6O2S. The molecule has 0 aliphatic rings. The fourth-order valence-corrected chi connectivity index (χ4v) is 4.18. The molecule has 0 spiro atoms. The Morgan fingerprint density at radius 2 is 1.97 bits per heavy atom. The van der Waals surface area contributed by atoms with Gasteiger partial charge in [-0.05, 0) is 49.4 Å². The molecule has 0 saturated heterocycles. The number of amides is 1. The molecular weight excluding hydrogens is 516 g/mol. The largest absolute Gasteiger partial charge is 0.494 e. The second-order valence-electron chi connectivity index (χ2n) is 6.91. The van der Waals surface area contributed by atoms with Gasteiger partial charge in [-0.2, -0.15) is 5.10 Å². The molecule has 0 aliphatic heterocycles. The van der Waals surface area contributed by atoms with Crippen molar-refractivity contribution >= 4 is 39.8 Å². The quantitative estimate of drug-likeness (QED) is 0.189. The van der Waals surface area contributed by atoms with Crippen LogP contribution >= 0.6 is 27.7 Å². The third-order valence-corrected chi connectivity index (χ3v) is 6.24. The molecule has 4 rings (SSSR count). The number of ether oxygens (including phenoxy) is 1. The maximum atomic E-state index is 12.4. The van der Waals surface area contributed by atoms with Gasteiger partial charge in [0.05, 0.1) is 18.6 Å². The highest BCUT2D eigenvalue weighted by atomic mass is 79.9. The number of benzene rings is 2. The van der Waals surface area contributed by atoms with Crippen LogP contribution in [0.25, 0.3) is 17.1 Å². The number of rotatable bonds is 9. The zero-order valence-corrected chi connectivity index (χ0v) is 20.7. The van der Waals surface area contributed by atoms with Crippen LogP contribution in [0.1, 0.15) is 12.5 Å². The number of carbonyl (C=O) groups is 1. The van der Waals surface area contributed by atoms with Crippen LogP contribution in [0.4, 0.5) is 0 Å². The van der Waals surface area contributed by atoms with Crippen molar-refractivity contribution in [2.45, 2.75) is 12.1 Å². The van der Waals surface area contributed by atoms with E-state index in [-0.39, 0.29) is 11.7 Å². The lowest BCUT2D eigenvalue weighted by Gasteiger charge is -2.11. The summed E-state index contributed by atoms with van der Waals surface area (Å²) in [5.41, 5.74) is 5.09. The van der Waals surface area contributed by atoms with E-state index >= 15 is 0 Å². The Kier molecular flexibility index (Phi) is 8.05. The van der Waals surface area contributed by atoms with Gasteiger partial charge in [0.1, 0.15) is 5.75 Å². The molecule has 8 nitrogen and oxygen atoms in total. The maximum absolute atomic E-state index is 12.4. The van der Waals surface area contributed by atoms with Crippen molar-refractivity contribution in [3.05, 3.63) is 83.1 Å². The van der Waals surface area contributed by atoms with Crippen LogP contribution in [0.2, 0.25) is 0 Å². The summed E-state index contributed by atoms with van der Waals surface area (Å²) in [6.07, 6.45) is 5.03. The number of aromatic nitrogens is 4. The zero-order valence-electron chi connectivity index (χ0n) is 18.3. The summed E-state index contributed by atoms with van der Waals surface area (Å²) in [4.78, 5) is 16.6. The number of nitrogens with zero attached hydrogens (tertiary/aromatic N) is 5. The Bertz CT molecular complexity index is 1280. The molecule has 2 aromatic heterocycles. The van der Waals surface area contributed by atoms with Crippen LogP contribution in [-0.2, 0) is 4.79 Å². The number of carbonyl (C=O) groups excluding carboxylic acids is 1. The van der Waals surface area contributed by atoms with Gasteiger partial charge in [-0.25, -0.2) is 5.43 Å². The van der Waals surface area contributed by atoms with Gasteiger partial charge in [-0.15, -0.1) is 10.2 Å². The Morgan fingerprint density at radius 3 is 2.71 bits per heavy atom. The summed E-state index contributed by atoms with van der Waals surface area (Å²) in [5.74, 6) is 1.28. The number of thioether (sulfide) groups is 1. The molecule has 0 saturated carbocycles. The second-order valence-corrected chi connectivity index (χ2v) is 8.71. The fourth-order valence-electron chi connectivity index (χ4n) is 3.05. The van der Waals surface area contributed by atoms with Crippen molar-refractivity contribution in [2.75, 3.05) is 12.4 Å². The average Bonchev–Trinajstić information content (AvgIpc) is 3.29. The predicted molar refractivity (Wildman–Crippen MR) is 136 cm³/mol. The van der Waals surface area contributed by atoms with E-state index in [1.54, 1.807) is 18.6 Å². The van der Waals surface area contributed by atoms with Gasteiger partial charge in [0.25, 0.3) is 5.91 Å². The summed E-state index contributed by atoms with van der Waals surface area (Å²) in [5, 5.41) is 13.3. The first-order chi connectivity index (χ1) is 16.7. The van der Waals surface area contributed by atoms with Crippen LogP contribution in [-0.4, -0.2) is 44.2 Å². The van der Waals surface area contributed by atoms with E-state index in [2.05, 4.69) is 41.6 Å². The van der Waals surface area contributed by atoms with Crippen LogP contribution in [0.15, 0.2) is 87.8 Å². The fraction of sp³-hybridized carbons (Fsp3) is 0.125. The third kappa shape index (κ3) is 5.89. The lowest BCUT2D eigenvalue weighted by molar-refractivity contribution is -0.118. The summed E-state index contributed by atoms with van der Waals surface area (Å²) in [7, 11) is 0. The van der Waals surface area contributed by atoms with E-state index in [0.717, 1.165) is 27.0 Å². The Morgan fingerprint density at radius 1 is 1.15 bits per heavy atom. The number of pyridine rings is 1. The van der Waals surface area contributed by atoms with Crippen LogP contribution in [0, 0.1) is 0 Å². The molecule has 0 aliphatic carbocycles. The average molecular weight is 537 g/mol. The van der Waals surface area contributed by atoms with Gasteiger partial charge < -0.3 is 4.74 Å². The van der Waals surface area contributed by atoms with Crippen LogP contribution in [0.5, 0.6) is 5.75 Å². The minimum absolute atomic E-state index is 0.121. The molecule has 1 amide bonds. The molecule has 172 valence electrons. The smallest absolute Gasteiger partial charge is 0.250 e. The number of halogens is 1. The van der Waals surface area contributed by atoms with Crippen LogP contribution in [0.3, 0.4) is 0 Å². The Balaban J connectivity index is 1.51. The van der Waals surface area contributed by atoms with Gasteiger partial charge in [0, 0.05) is 33.7 Å². The molecule has 0 fully saturated rings. The SMILES string of the molecule is CCOc1ccc(-n2c(SCC(=O)N/N=C/c3ccccc3Br)nnc2-c2cccnc2)cc1. The summed E-state index contributed by atoms with van der Waals surface area (Å²) >= 11 is 4.72.